The van der Waals surface area contributed by atoms with E-state index in [1.54, 1.807) is 24.3 Å². The molecule has 1 saturated heterocycles. The minimum Gasteiger partial charge on any atom is -0.366 e. The molecule has 10 heteroatoms. The van der Waals surface area contributed by atoms with Crippen molar-refractivity contribution in [1.29, 1.82) is 0 Å². The van der Waals surface area contributed by atoms with Crippen LogP contribution < -0.4 is 5.32 Å². The van der Waals surface area contributed by atoms with Crippen molar-refractivity contribution in [2.24, 2.45) is 0 Å². The number of rotatable bonds is 5. The number of benzene rings is 1. The van der Waals surface area contributed by atoms with Crippen LogP contribution in [0.4, 0.5) is 11.5 Å². The zero-order valence-corrected chi connectivity index (χ0v) is 16.1. The summed E-state index contributed by atoms with van der Waals surface area (Å²) < 4.78 is 27.9. The molecule has 2 heterocycles. The van der Waals surface area contributed by atoms with Gasteiger partial charge in [-0.05, 0) is 43.2 Å². The molecule has 3 rings (SSSR count). The third-order valence-corrected chi connectivity index (χ3v) is 6.55. The number of sulfonamides is 1. The van der Waals surface area contributed by atoms with E-state index in [0.29, 0.717) is 18.9 Å². The Morgan fingerprint density at radius 2 is 1.96 bits per heavy atom. The van der Waals surface area contributed by atoms with Crippen LogP contribution in [0, 0.1) is 10.1 Å². The Morgan fingerprint density at radius 1 is 1.23 bits per heavy atom. The van der Waals surface area contributed by atoms with Gasteiger partial charge in [0.05, 0.1) is 9.82 Å². The second-order valence-electron chi connectivity index (χ2n) is 5.96. The van der Waals surface area contributed by atoms with Gasteiger partial charge >= 0.3 is 0 Å². The van der Waals surface area contributed by atoms with Crippen LogP contribution in [0.3, 0.4) is 0 Å². The fraction of sp³-hybridized carbons (Fsp3) is 0.312. The molecule has 0 spiro atoms. The Morgan fingerprint density at radius 3 is 2.58 bits per heavy atom. The molecule has 8 nitrogen and oxygen atoms in total. The highest BCUT2D eigenvalue weighted by atomic mass is 79.9. The molecule has 0 aliphatic carbocycles. The first kappa shape index (κ1) is 18.7. The summed E-state index contributed by atoms with van der Waals surface area (Å²) in [5.41, 5.74) is -0.0846. The van der Waals surface area contributed by atoms with E-state index in [1.807, 2.05) is 0 Å². The van der Waals surface area contributed by atoms with Crippen LogP contribution in [0.5, 0.6) is 0 Å². The number of anilines is 1. The van der Waals surface area contributed by atoms with Crippen molar-refractivity contribution in [2.45, 2.75) is 23.8 Å². The Bertz CT molecular complexity index is 887. The van der Waals surface area contributed by atoms with Gasteiger partial charge in [-0.1, -0.05) is 15.9 Å². The number of pyridine rings is 1. The Hall–Kier alpha value is -2.04. The second-order valence-corrected chi connectivity index (χ2v) is 8.81. The smallest absolute Gasteiger partial charge is 0.287 e. The van der Waals surface area contributed by atoms with E-state index in [1.165, 1.54) is 22.6 Å². The van der Waals surface area contributed by atoms with Gasteiger partial charge in [-0.2, -0.15) is 4.31 Å². The molecule has 1 aliphatic heterocycles. The minimum absolute atomic E-state index is 0.0846. The van der Waals surface area contributed by atoms with Gasteiger partial charge in [0.25, 0.3) is 5.69 Å². The number of hydrogen-bond acceptors (Lipinski definition) is 6. The molecule has 0 amide bonds. The Kier molecular flexibility index (Phi) is 5.54. The van der Waals surface area contributed by atoms with Crippen molar-refractivity contribution >= 4 is 37.5 Å². The summed E-state index contributed by atoms with van der Waals surface area (Å²) in [7, 11) is -3.56. The summed E-state index contributed by atoms with van der Waals surface area (Å²) in [5, 5.41) is 13.8. The van der Waals surface area contributed by atoms with Crippen LogP contribution in [-0.2, 0) is 10.0 Å². The first-order chi connectivity index (χ1) is 12.4. The van der Waals surface area contributed by atoms with E-state index >= 15 is 0 Å². The monoisotopic (exact) mass is 440 g/mol. The third kappa shape index (κ3) is 4.19. The number of nitrogens with zero attached hydrogens (tertiary/aromatic N) is 3. The van der Waals surface area contributed by atoms with Gasteiger partial charge in [-0.15, -0.1) is 0 Å². The number of nitrogens with one attached hydrogen (secondary N) is 1. The predicted molar refractivity (Wildman–Crippen MR) is 100 cm³/mol. The van der Waals surface area contributed by atoms with E-state index in [4.69, 9.17) is 0 Å². The maximum absolute atomic E-state index is 12.8. The van der Waals surface area contributed by atoms with Crippen LogP contribution in [0.15, 0.2) is 52.0 Å². The zero-order chi connectivity index (χ0) is 18.7. The van der Waals surface area contributed by atoms with Crippen molar-refractivity contribution in [3.8, 4) is 0 Å². The van der Waals surface area contributed by atoms with Crippen molar-refractivity contribution < 1.29 is 13.3 Å². The van der Waals surface area contributed by atoms with E-state index in [-0.39, 0.29) is 16.6 Å². The normalized spacial score (nSPS) is 18.4. The van der Waals surface area contributed by atoms with Gasteiger partial charge in [0.1, 0.15) is 12.0 Å². The maximum atomic E-state index is 12.8. The molecule has 1 aliphatic rings. The van der Waals surface area contributed by atoms with E-state index < -0.39 is 14.9 Å². The standard InChI is InChI=1S/C16H17BrN4O4S/c17-12-3-6-15(7-4-12)26(24,25)20-9-1-2-13(11-20)19-16-8-5-14(10-18-16)21(22)23/h3-8,10,13H,1-2,9,11H2,(H,18,19). The van der Waals surface area contributed by atoms with Gasteiger partial charge in [0, 0.05) is 29.7 Å². The lowest BCUT2D eigenvalue weighted by Crippen LogP contribution is -2.45. The van der Waals surface area contributed by atoms with Gasteiger partial charge in [-0.25, -0.2) is 13.4 Å². The lowest BCUT2D eigenvalue weighted by atomic mass is 10.1. The molecule has 138 valence electrons. The van der Waals surface area contributed by atoms with Crippen LogP contribution >= 0.6 is 15.9 Å². The number of aromatic nitrogens is 1. The van der Waals surface area contributed by atoms with Gasteiger partial charge in [0.15, 0.2) is 0 Å². The zero-order valence-electron chi connectivity index (χ0n) is 13.7. The summed E-state index contributed by atoms with van der Waals surface area (Å²) >= 11 is 3.30. The summed E-state index contributed by atoms with van der Waals surface area (Å²) in [4.78, 5) is 14.5. The predicted octanol–water partition coefficient (Wildman–Crippen LogP) is 3.02. The Labute approximate surface area is 159 Å². The van der Waals surface area contributed by atoms with Crippen LogP contribution in [0.2, 0.25) is 0 Å². The molecule has 1 atom stereocenters. The van der Waals surface area contributed by atoms with E-state index in [0.717, 1.165) is 17.3 Å². The van der Waals surface area contributed by atoms with Crippen molar-refractivity contribution in [3.63, 3.8) is 0 Å². The average Bonchev–Trinajstić information content (AvgIpc) is 2.63. The first-order valence-electron chi connectivity index (χ1n) is 7.99. The topological polar surface area (TPSA) is 105 Å². The highest BCUT2D eigenvalue weighted by Gasteiger charge is 2.30. The van der Waals surface area contributed by atoms with Gasteiger partial charge in [-0.3, -0.25) is 10.1 Å². The third-order valence-electron chi connectivity index (χ3n) is 4.15. The van der Waals surface area contributed by atoms with Gasteiger partial charge in [0.2, 0.25) is 10.0 Å². The molecule has 1 fully saturated rings. The molecular formula is C16H17BrN4O4S. The van der Waals surface area contributed by atoms with Crippen LogP contribution in [0.1, 0.15) is 12.8 Å². The highest BCUT2D eigenvalue weighted by Crippen LogP contribution is 2.24. The molecule has 0 bridgehead atoms. The summed E-state index contributed by atoms with van der Waals surface area (Å²) in [5.74, 6) is 0.489. The van der Waals surface area contributed by atoms with Crippen molar-refractivity contribution in [2.75, 3.05) is 18.4 Å². The van der Waals surface area contributed by atoms with E-state index in [2.05, 4.69) is 26.2 Å². The molecule has 1 aromatic heterocycles. The minimum atomic E-state index is -3.56. The lowest BCUT2D eigenvalue weighted by molar-refractivity contribution is -0.385. The number of hydrogen-bond donors (Lipinski definition) is 1. The molecule has 0 saturated carbocycles. The van der Waals surface area contributed by atoms with E-state index in [9.17, 15) is 18.5 Å². The molecule has 1 aromatic carbocycles. The molecule has 26 heavy (non-hydrogen) atoms. The molecule has 2 aromatic rings. The molecule has 1 N–H and O–H groups in total. The molecule has 1 unspecified atom stereocenters. The highest BCUT2D eigenvalue weighted by molar-refractivity contribution is 9.10. The number of halogens is 1. The quantitative estimate of drug-likeness (QED) is 0.565. The average molecular weight is 441 g/mol. The fourth-order valence-electron chi connectivity index (χ4n) is 2.82. The van der Waals surface area contributed by atoms with Crippen molar-refractivity contribution in [1.82, 2.24) is 9.29 Å². The second kappa shape index (κ2) is 7.68. The SMILES string of the molecule is O=[N+]([O-])c1ccc(NC2CCCN(S(=O)(=O)c3ccc(Br)cc3)C2)nc1. The fourth-order valence-corrected chi connectivity index (χ4v) is 4.61. The summed E-state index contributed by atoms with van der Waals surface area (Å²) in [6, 6.07) is 9.35. The van der Waals surface area contributed by atoms with Gasteiger partial charge < -0.3 is 5.32 Å². The summed E-state index contributed by atoms with van der Waals surface area (Å²) in [6.07, 6.45) is 2.70. The number of nitro groups is 1. The molecule has 0 radical (unpaired) electrons. The lowest BCUT2D eigenvalue weighted by Gasteiger charge is -2.32. The Balaban J connectivity index is 1.70. The number of piperidine rings is 1. The summed E-state index contributed by atoms with van der Waals surface area (Å²) in [6.45, 7) is 0.779. The van der Waals surface area contributed by atoms with Crippen LogP contribution in [0.25, 0.3) is 0 Å². The largest absolute Gasteiger partial charge is 0.366 e. The van der Waals surface area contributed by atoms with Crippen molar-refractivity contribution in [3.05, 3.63) is 57.2 Å². The molecular weight excluding hydrogens is 424 g/mol. The first-order valence-corrected chi connectivity index (χ1v) is 10.2. The maximum Gasteiger partial charge on any atom is 0.287 e. The van der Waals surface area contributed by atoms with Crippen LogP contribution in [-0.4, -0.2) is 41.8 Å².